The van der Waals surface area contributed by atoms with Crippen molar-refractivity contribution in [2.45, 2.75) is 13.3 Å². The van der Waals surface area contributed by atoms with E-state index in [-0.39, 0.29) is 5.91 Å². The molecule has 0 aromatic carbocycles. The summed E-state index contributed by atoms with van der Waals surface area (Å²) < 4.78 is 0. The van der Waals surface area contributed by atoms with Crippen molar-refractivity contribution in [3.8, 4) is 0 Å². The number of amides is 3. The van der Waals surface area contributed by atoms with E-state index in [1.54, 1.807) is 18.3 Å². The maximum Gasteiger partial charge on any atom is 0.312 e. The van der Waals surface area contributed by atoms with Gasteiger partial charge in [0.15, 0.2) is 0 Å². The molecule has 0 aliphatic heterocycles. The highest BCUT2D eigenvalue weighted by Gasteiger charge is 2.06. The van der Waals surface area contributed by atoms with Gasteiger partial charge in [0, 0.05) is 31.4 Å². The van der Waals surface area contributed by atoms with E-state index in [1.807, 2.05) is 0 Å². The number of nitrogens with one attached hydrogen (secondary N) is 3. The van der Waals surface area contributed by atoms with Crippen molar-refractivity contribution in [3.63, 3.8) is 0 Å². The van der Waals surface area contributed by atoms with Gasteiger partial charge in [0.25, 0.3) is 5.91 Å². The van der Waals surface area contributed by atoms with Gasteiger partial charge in [-0.15, -0.1) is 0 Å². The molecule has 3 amide bonds. The number of nitrogens with two attached hydrogens (primary N) is 1. The zero-order valence-corrected chi connectivity index (χ0v) is 10.9. The molecule has 1 rings (SSSR count). The molecule has 0 spiro atoms. The number of anilines is 1. The number of nitrogens with zero attached hydrogens (tertiary/aromatic N) is 1. The van der Waals surface area contributed by atoms with E-state index < -0.39 is 6.03 Å². The van der Waals surface area contributed by atoms with E-state index in [0.29, 0.717) is 24.5 Å². The first kappa shape index (κ1) is 14.7. The monoisotopic (exact) mass is 265 g/mol. The van der Waals surface area contributed by atoms with Crippen molar-refractivity contribution < 1.29 is 9.59 Å². The highest BCUT2D eigenvalue weighted by molar-refractivity contribution is 5.94. The second-order valence-electron chi connectivity index (χ2n) is 3.90. The Morgan fingerprint density at radius 3 is 2.68 bits per heavy atom. The fraction of sp³-hybridized carbons (Fsp3) is 0.417. The van der Waals surface area contributed by atoms with Crippen molar-refractivity contribution in [2.24, 2.45) is 5.73 Å². The first-order valence-electron chi connectivity index (χ1n) is 6.15. The van der Waals surface area contributed by atoms with Crippen LogP contribution in [-0.4, -0.2) is 36.6 Å². The smallest absolute Gasteiger partial charge is 0.312 e. The highest BCUT2D eigenvalue weighted by Crippen LogP contribution is 2.06. The Morgan fingerprint density at radius 2 is 2.00 bits per heavy atom. The lowest BCUT2D eigenvalue weighted by Crippen LogP contribution is -2.37. The molecular formula is C12H19N5O2. The van der Waals surface area contributed by atoms with Gasteiger partial charge in [-0.1, -0.05) is 6.92 Å². The minimum absolute atomic E-state index is 0.215. The standard InChI is InChI=1S/C12H19N5O2/c1-2-4-14-10-8-9(3-5-15-10)11(18)16-6-7-17-12(13)19/h3,5,8H,2,4,6-7H2,1H3,(H,14,15)(H,16,18)(H3,13,17,19). The molecule has 1 heterocycles. The predicted octanol–water partition coefficient (Wildman–Crippen LogP) is 0.302. The van der Waals surface area contributed by atoms with Crippen LogP contribution in [0.25, 0.3) is 0 Å². The van der Waals surface area contributed by atoms with Gasteiger partial charge in [0.05, 0.1) is 0 Å². The Balaban J connectivity index is 2.45. The van der Waals surface area contributed by atoms with Crippen LogP contribution in [0.3, 0.4) is 0 Å². The second-order valence-corrected chi connectivity index (χ2v) is 3.90. The lowest BCUT2D eigenvalue weighted by atomic mass is 10.2. The molecule has 0 atom stereocenters. The number of carbonyl (C=O) groups excluding carboxylic acids is 2. The van der Waals surface area contributed by atoms with Gasteiger partial charge in [0.2, 0.25) is 0 Å². The van der Waals surface area contributed by atoms with Crippen molar-refractivity contribution in [1.82, 2.24) is 15.6 Å². The van der Waals surface area contributed by atoms with Gasteiger partial charge in [-0.25, -0.2) is 9.78 Å². The third kappa shape index (κ3) is 5.71. The molecule has 0 fully saturated rings. The second kappa shape index (κ2) is 7.91. The summed E-state index contributed by atoms with van der Waals surface area (Å²) in [5, 5.41) is 8.17. The first-order chi connectivity index (χ1) is 9.13. The van der Waals surface area contributed by atoms with Crippen LogP contribution in [0, 0.1) is 0 Å². The predicted molar refractivity (Wildman–Crippen MR) is 72.9 cm³/mol. The van der Waals surface area contributed by atoms with Crippen molar-refractivity contribution in [1.29, 1.82) is 0 Å². The lowest BCUT2D eigenvalue weighted by molar-refractivity contribution is 0.0954. The van der Waals surface area contributed by atoms with E-state index >= 15 is 0 Å². The molecule has 7 heteroatoms. The molecular weight excluding hydrogens is 246 g/mol. The zero-order valence-electron chi connectivity index (χ0n) is 10.9. The number of aromatic nitrogens is 1. The fourth-order valence-electron chi connectivity index (χ4n) is 1.39. The number of hydrogen-bond acceptors (Lipinski definition) is 4. The molecule has 1 aromatic heterocycles. The summed E-state index contributed by atoms with van der Waals surface area (Å²) in [7, 11) is 0. The van der Waals surface area contributed by atoms with E-state index in [0.717, 1.165) is 13.0 Å². The molecule has 0 radical (unpaired) electrons. The quantitative estimate of drug-likeness (QED) is 0.532. The van der Waals surface area contributed by atoms with Crippen LogP contribution in [0.5, 0.6) is 0 Å². The Labute approximate surface area is 112 Å². The average Bonchev–Trinajstić information content (AvgIpc) is 2.41. The average molecular weight is 265 g/mol. The number of urea groups is 1. The molecule has 0 saturated carbocycles. The largest absolute Gasteiger partial charge is 0.370 e. The zero-order chi connectivity index (χ0) is 14.1. The van der Waals surface area contributed by atoms with Crippen LogP contribution in [0.2, 0.25) is 0 Å². The fourth-order valence-corrected chi connectivity index (χ4v) is 1.39. The van der Waals surface area contributed by atoms with Gasteiger partial charge in [0.1, 0.15) is 5.82 Å². The Hall–Kier alpha value is -2.31. The van der Waals surface area contributed by atoms with Crippen molar-refractivity contribution in [2.75, 3.05) is 25.0 Å². The summed E-state index contributed by atoms with van der Waals surface area (Å²) in [5.74, 6) is 0.456. The van der Waals surface area contributed by atoms with Crippen LogP contribution in [0.15, 0.2) is 18.3 Å². The first-order valence-corrected chi connectivity index (χ1v) is 6.15. The Morgan fingerprint density at radius 1 is 1.26 bits per heavy atom. The molecule has 0 aliphatic rings. The van der Waals surface area contributed by atoms with E-state index in [1.165, 1.54) is 0 Å². The van der Waals surface area contributed by atoms with E-state index in [2.05, 4.69) is 27.9 Å². The maximum absolute atomic E-state index is 11.8. The minimum atomic E-state index is -0.607. The summed E-state index contributed by atoms with van der Waals surface area (Å²) in [6, 6.07) is 2.71. The van der Waals surface area contributed by atoms with E-state index in [9.17, 15) is 9.59 Å². The summed E-state index contributed by atoms with van der Waals surface area (Å²) in [4.78, 5) is 26.4. The number of hydrogen-bond donors (Lipinski definition) is 4. The minimum Gasteiger partial charge on any atom is -0.370 e. The van der Waals surface area contributed by atoms with Crippen molar-refractivity contribution in [3.05, 3.63) is 23.9 Å². The maximum atomic E-state index is 11.8. The summed E-state index contributed by atoms with van der Waals surface area (Å²) in [5.41, 5.74) is 5.43. The van der Waals surface area contributed by atoms with Gasteiger partial charge < -0.3 is 21.7 Å². The highest BCUT2D eigenvalue weighted by atomic mass is 16.2. The lowest BCUT2D eigenvalue weighted by Gasteiger charge is -2.07. The molecule has 19 heavy (non-hydrogen) atoms. The third-order valence-electron chi connectivity index (χ3n) is 2.29. The Kier molecular flexibility index (Phi) is 6.14. The number of primary amides is 1. The number of carbonyl (C=O) groups is 2. The SMILES string of the molecule is CCCNc1cc(C(=O)NCCNC(N)=O)ccn1. The van der Waals surface area contributed by atoms with Crippen molar-refractivity contribution >= 4 is 17.8 Å². The summed E-state index contributed by atoms with van der Waals surface area (Å²) in [6.45, 7) is 3.48. The normalized spacial score (nSPS) is 9.74. The Bertz CT molecular complexity index is 436. The molecule has 0 saturated heterocycles. The van der Waals surface area contributed by atoms with Crippen LogP contribution < -0.4 is 21.7 Å². The van der Waals surface area contributed by atoms with E-state index in [4.69, 9.17) is 5.73 Å². The molecule has 0 aliphatic carbocycles. The van der Waals surface area contributed by atoms with Crippen LogP contribution in [0.1, 0.15) is 23.7 Å². The number of pyridine rings is 1. The van der Waals surface area contributed by atoms with Crippen LogP contribution in [0.4, 0.5) is 10.6 Å². The molecule has 1 aromatic rings. The van der Waals surface area contributed by atoms with Crippen LogP contribution in [-0.2, 0) is 0 Å². The molecule has 5 N–H and O–H groups in total. The number of rotatable bonds is 7. The summed E-state index contributed by atoms with van der Waals surface area (Å²) >= 11 is 0. The van der Waals surface area contributed by atoms with Gasteiger partial charge >= 0.3 is 6.03 Å². The topological polar surface area (TPSA) is 109 Å². The molecule has 104 valence electrons. The third-order valence-corrected chi connectivity index (χ3v) is 2.29. The summed E-state index contributed by atoms with van der Waals surface area (Å²) in [6.07, 6.45) is 2.56. The van der Waals surface area contributed by atoms with Crippen LogP contribution >= 0.6 is 0 Å². The van der Waals surface area contributed by atoms with Gasteiger partial charge in [-0.05, 0) is 18.6 Å². The molecule has 7 nitrogen and oxygen atoms in total. The van der Waals surface area contributed by atoms with Gasteiger partial charge in [-0.3, -0.25) is 4.79 Å². The molecule has 0 unspecified atom stereocenters. The van der Waals surface area contributed by atoms with Gasteiger partial charge in [-0.2, -0.15) is 0 Å². The molecule has 0 bridgehead atoms.